The van der Waals surface area contributed by atoms with Crippen molar-refractivity contribution in [3.63, 3.8) is 0 Å². The SMILES string of the molecule is Cn1cc(C(=O)c2ccc(Cl)cc2Br)c2ccccc21. The summed E-state index contributed by atoms with van der Waals surface area (Å²) in [6.45, 7) is 0. The van der Waals surface area contributed by atoms with E-state index < -0.39 is 0 Å². The van der Waals surface area contributed by atoms with Gasteiger partial charge >= 0.3 is 0 Å². The first kappa shape index (κ1) is 13.4. The third kappa shape index (κ3) is 2.17. The normalized spacial score (nSPS) is 10.9. The summed E-state index contributed by atoms with van der Waals surface area (Å²) < 4.78 is 2.68. The van der Waals surface area contributed by atoms with E-state index in [0.29, 0.717) is 20.6 Å². The van der Waals surface area contributed by atoms with E-state index in [-0.39, 0.29) is 5.78 Å². The molecule has 0 atom stereocenters. The van der Waals surface area contributed by atoms with Crippen LogP contribution in [0.2, 0.25) is 5.02 Å². The standard InChI is InChI=1S/C16H11BrClNO/c1-19-9-13(11-4-2-3-5-15(11)19)16(20)12-7-6-10(18)8-14(12)17/h2-9H,1H3. The van der Waals surface area contributed by atoms with Crippen molar-refractivity contribution in [1.29, 1.82) is 0 Å². The number of hydrogen-bond donors (Lipinski definition) is 0. The van der Waals surface area contributed by atoms with E-state index in [1.54, 1.807) is 18.2 Å². The van der Waals surface area contributed by atoms with Crippen LogP contribution in [0.4, 0.5) is 0 Å². The van der Waals surface area contributed by atoms with Gasteiger partial charge in [0.2, 0.25) is 0 Å². The van der Waals surface area contributed by atoms with Crippen molar-refractivity contribution in [1.82, 2.24) is 4.57 Å². The maximum absolute atomic E-state index is 12.7. The molecule has 100 valence electrons. The van der Waals surface area contributed by atoms with Gasteiger partial charge in [0.25, 0.3) is 0 Å². The minimum absolute atomic E-state index is 0.00894. The molecule has 20 heavy (non-hydrogen) atoms. The number of aryl methyl sites for hydroxylation is 1. The molecular weight excluding hydrogens is 338 g/mol. The minimum Gasteiger partial charge on any atom is -0.350 e. The monoisotopic (exact) mass is 347 g/mol. The second-order valence-corrected chi connectivity index (χ2v) is 5.91. The highest BCUT2D eigenvalue weighted by Gasteiger charge is 2.17. The van der Waals surface area contributed by atoms with Gasteiger partial charge in [-0.15, -0.1) is 0 Å². The van der Waals surface area contributed by atoms with Crippen molar-refractivity contribution in [3.8, 4) is 0 Å². The molecule has 4 heteroatoms. The van der Waals surface area contributed by atoms with Gasteiger partial charge in [0.05, 0.1) is 0 Å². The highest BCUT2D eigenvalue weighted by atomic mass is 79.9. The number of benzene rings is 2. The molecule has 0 spiro atoms. The second kappa shape index (κ2) is 5.08. The Labute approximate surface area is 130 Å². The molecule has 0 fully saturated rings. The van der Waals surface area contributed by atoms with Gasteiger partial charge in [0, 0.05) is 44.8 Å². The Bertz CT molecular complexity index is 822. The maximum atomic E-state index is 12.7. The van der Waals surface area contributed by atoms with Gasteiger partial charge in [0.15, 0.2) is 5.78 Å². The lowest BCUT2D eigenvalue weighted by Crippen LogP contribution is -2.01. The minimum atomic E-state index is -0.00894. The van der Waals surface area contributed by atoms with Gasteiger partial charge in [-0.1, -0.05) is 29.8 Å². The van der Waals surface area contributed by atoms with Crippen LogP contribution in [0.1, 0.15) is 15.9 Å². The van der Waals surface area contributed by atoms with Crippen molar-refractivity contribution < 1.29 is 4.79 Å². The summed E-state index contributed by atoms with van der Waals surface area (Å²) in [5.41, 5.74) is 2.36. The van der Waals surface area contributed by atoms with Gasteiger partial charge < -0.3 is 4.57 Å². The number of para-hydroxylation sites is 1. The van der Waals surface area contributed by atoms with E-state index >= 15 is 0 Å². The predicted molar refractivity (Wildman–Crippen MR) is 85.5 cm³/mol. The molecule has 0 saturated carbocycles. The topological polar surface area (TPSA) is 22.0 Å². The molecule has 2 aromatic carbocycles. The third-order valence-corrected chi connectivity index (χ3v) is 4.21. The summed E-state index contributed by atoms with van der Waals surface area (Å²) in [5, 5.41) is 1.56. The fourth-order valence-electron chi connectivity index (χ4n) is 2.34. The Balaban J connectivity index is 2.18. The molecule has 0 amide bonds. The van der Waals surface area contributed by atoms with Crippen LogP contribution in [-0.4, -0.2) is 10.4 Å². The largest absolute Gasteiger partial charge is 0.350 e. The zero-order valence-corrected chi connectivity index (χ0v) is 13.1. The van der Waals surface area contributed by atoms with Crippen LogP contribution in [0.25, 0.3) is 10.9 Å². The average Bonchev–Trinajstić information content (AvgIpc) is 2.76. The molecule has 0 radical (unpaired) electrons. The van der Waals surface area contributed by atoms with E-state index in [1.165, 1.54) is 0 Å². The van der Waals surface area contributed by atoms with Gasteiger partial charge in [-0.05, 0) is 40.2 Å². The first-order valence-electron chi connectivity index (χ1n) is 6.12. The Kier molecular flexibility index (Phi) is 3.40. The Hall–Kier alpha value is -1.58. The highest BCUT2D eigenvalue weighted by Crippen LogP contribution is 2.27. The average molecular weight is 349 g/mol. The molecule has 3 aromatic rings. The van der Waals surface area contributed by atoms with Gasteiger partial charge in [0.1, 0.15) is 0 Å². The quantitative estimate of drug-likeness (QED) is 0.608. The van der Waals surface area contributed by atoms with Crippen molar-refractivity contribution in [2.45, 2.75) is 0 Å². The number of aromatic nitrogens is 1. The molecule has 0 unspecified atom stereocenters. The first-order chi connectivity index (χ1) is 9.58. The van der Waals surface area contributed by atoms with E-state index in [9.17, 15) is 4.79 Å². The van der Waals surface area contributed by atoms with Crippen LogP contribution >= 0.6 is 27.5 Å². The highest BCUT2D eigenvalue weighted by molar-refractivity contribution is 9.10. The summed E-state index contributed by atoms with van der Waals surface area (Å²) in [5.74, 6) is -0.00894. The lowest BCUT2D eigenvalue weighted by atomic mass is 10.0. The van der Waals surface area contributed by atoms with Crippen LogP contribution in [0.15, 0.2) is 53.1 Å². The predicted octanol–water partition coefficient (Wildman–Crippen LogP) is 4.83. The molecular formula is C16H11BrClNO. The van der Waals surface area contributed by atoms with Crippen LogP contribution in [0, 0.1) is 0 Å². The number of nitrogens with zero attached hydrogens (tertiary/aromatic N) is 1. The van der Waals surface area contributed by atoms with Crippen molar-refractivity contribution >= 4 is 44.2 Å². The number of hydrogen-bond acceptors (Lipinski definition) is 1. The molecule has 0 saturated heterocycles. The Morgan fingerprint density at radius 1 is 1.15 bits per heavy atom. The van der Waals surface area contributed by atoms with Crippen molar-refractivity contribution in [2.75, 3.05) is 0 Å². The maximum Gasteiger partial charge on any atom is 0.196 e. The molecule has 0 aliphatic rings. The van der Waals surface area contributed by atoms with E-state index in [1.807, 2.05) is 42.1 Å². The summed E-state index contributed by atoms with van der Waals surface area (Å²) in [4.78, 5) is 12.7. The number of carbonyl (C=O) groups is 1. The third-order valence-electron chi connectivity index (χ3n) is 3.32. The fraction of sp³-hybridized carbons (Fsp3) is 0.0625. The Morgan fingerprint density at radius 2 is 1.90 bits per heavy atom. The summed E-state index contributed by atoms with van der Waals surface area (Å²) in [6.07, 6.45) is 1.87. The van der Waals surface area contributed by atoms with E-state index in [2.05, 4.69) is 15.9 Å². The van der Waals surface area contributed by atoms with Crippen LogP contribution in [-0.2, 0) is 7.05 Å². The molecule has 3 rings (SSSR count). The second-order valence-electron chi connectivity index (χ2n) is 4.62. The molecule has 0 N–H and O–H groups in total. The fourth-order valence-corrected chi connectivity index (χ4v) is 3.20. The molecule has 2 nitrogen and oxygen atoms in total. The van der Waals surface area contributed by atoms with Gasteiger partial charge in [-0.25, -0.2) is 0 Å². The van der Waals surface area contributed by atoms with E-state index in [0.717, 1.165) is 10.9 Å². The smallest absolute Gasteiger partial charge is 0.196 e. The summed E-state index contributed by atoms with van der Waals surface area (Å²) in [6, 6.07) is 13.1. The van der Waals surface area contributed by atoms with Gasteiger partial charge in [-0.2, -0.15) is 0 Å². The lowest BCUT2D eigenvalue weighted by molar-refractivity contribution is 0.103. The van der Waals surface area contributed by atoms with Crippen LogP contribution in [0.3, 0.4) is 0 Å². The molecule has 0 aliphatic carbocycles. The first-order valence-corrected chi connectivity index (χ1v) is 7.29. The van der Waals surface area contributed by atoms with Crippen LogP contribution < -0.4 is 0 Å². The van der Waals surface area contributed by atoms with Crippen LogP contribution in [0.5, 0.6) is 0 Å². The summed E-state index contributed by atoms with van der Waals surface area (Å²) >= 11 is 9.33. The number of carbonyl (C=O) groups excluding carboxylic acids is 1. The van der Waals surface area contributed by atoms with Gasteiger partial charge in [-0.3, -0.25) is 4.79 Å². The van der Waals surface area contributed by atoms with E-state index in [4.69, 9.17) is 11.6 Å². The molecule has 0 aliphatic heterocycles. The zero-order chi connectivity index (χ0) is 14.3. The zero-order valence-electron chi connectivity index (χ0n) is 10.7. The number of halogens is 2. The number of ketones is 1. The van der Waals surface area contributed by atoms with Crippen molar-refractivity contribution in [2.24, 2.45) is 7.05 Å². The summed E-state index contributed by atoms with van der Waals surface area (Å²) in [7, 11) is 1.94. The lowest BCUT2D eigenvalue weighted by Gasteiger charge is -2.03. The number of fused-ring (bicyclic) bond motifs is 1. The van der Waals surface area contributed by atoms with Crippen molar-refractivity contribution in [3.05, 3.63) is 69.3 Å². The molecule has 1 heterocycles. The Morgan fingerprint density at radius 3 is 2.65 bits per heavy atom. The number of rotatable bonds is 2. The molecule has 0 bridgehead atoms. The molecule has 1 aromatic heterocycles.